The fourth-order valence-electron chi connectivity index (χ4n) is 3.05. The number of ether oxygens (including phenoxy) is 1. The molecule has 2 aromatic carbocycles. The van der Waals surface area contributed by atoms with Gasteiger partial charge in [-0.05, 0) is 29.3 Å². The topological polar surface area (TPSA) is 42.8 Å². The molecule has 1 aliphatic heterocycles. The van der Waals surface area contributed by atoms with E-state index in [2.05, 4.69) is 17.4 Å². The molecule has 6 heteroatoms. The lowest BCUT2D eigenvalue weighted by atomic mass is 10.1. The number of nitrogens with one attached hydrogen (secondary N) is 2. The third-order valence-corrected chi connectivity index (χ3v) is 5.15. The van der Waals surface area contributed by atoms with Gasteiger partial charge in [-0.15, -0.1) is 0 Å². The van der Waals surface area contributed by atoms with Crippen molar-refractivity contribution in [1.82, 2.24) is 5.32 Å². The van der Waals surface area contributed by atoms with Crippen molar-refractivity contribution >= 4 is 35.2 Å². The van der Waals surface area contributed by atoms with Gasteiger partial charge in [-0.3, -0.25) is 4.79 Å². The number of carbonyl (C=O) groups is 1. The van der Waals surface area contributed by atoms with Crippen LogP contribution in [-0.4, -0.2) is 32.2 Å². The van der Waals surface area contributed by atoms with Crippen LogP contribution in [0.15, 0.2) is 48.5 Å². The van der Waals surface area contributed by atoms with Gasteiger partial charge in [0, 0.05) is 28.2 Å². The first-order valence-electron chi connectivity index (χ1n) is 9.01. The van der Waals surface area contributed by atoms with Crippen molar-refractivity contribution in [1.29, 1.82) is 0 Å². The van der Waals surface area contributed by atoms with Crippen molar-refractivity contribution in [3.63, 3.8) is 0 Å². The highest BCUT2D eigenvalue weighted by Crippen LogP contribution is 2.21. The van der Waals surface area contributed by atoms with Gasteiger partial charge >= 0.3 is 0 Å². The van der Waals surface area contributed by atoms with Gasteiger partial charge in [0.1, 0.15) is 19.6 Å². The van der Waals surface area contributed by atoms with E-state index in [1.54, 1.807) is 24.3 Å². The maximum absolute atomic E-state index is 12.2. The summed E-state index contributed by atoms with van der Waals surface area (Å²) in [6.45, 7) is 5.11. The Morgan fingerprint density at radius 1 is 1.11 bits per heavy atom. The van der Waals surface area contributed by atoms with Crippen molar-refractivity contribution in [3.8, 4) is 0 Å². The molecule has 2 aromatic rings. The molecule has 1 aliphatic rings. The second-order valence-corrected chi connectivity index (χ2v) is 7.37. The zero-order valence-electron chi connectivity index (χ0n) is 15.0. The van der Waals surface area contributed by atoms with Crippen LogP contribution < -0.4 is 10.2 Å². The van der Waals surface area contributed by atoms with Crippen molar-refractivity contribution in [2.75, 3.05) is 26.3 Å². The van der Waals surface area contributed by atoms with Crippen LogP contribution in [0.25, 0.3) is 6.08 Å². The molecular formula is C21H23Cl2N2O2+. The number of halogens is 2. The molecule has 0 aliphatic carbocycles. The maximum atomic E-state index is 12.2. The van der Waals surface area contributed by atoms with E-state index >= 15 is 0 Å². The normalized spacial score (nSPS) is 15.2. The van der Waals surface area contributed by atoms with E-state index in [1.165, 1.54) is 16.5 Å². The second-order valence-electron chi connectivity index (χ2n) is 6.52. The highest BCUT2D eigenvalue weighted by molar-refractivity contribution is 6.35. The molecule has 0 atom stereocenters. The van der Waals surface area contributed by atoms with E-state index in [-0.39, 0.29) is 5.91 Å². The predicted molar refractivity (Wildman–Crippen MR) is 109 cm³/mol. The van der Waals surface area contributed by atoms with Crippen molar-refractivity contribution in [2.24, 2.45) is 0 Å². The summed E-state index contributed by atoms with van der Waals surface area (Å²) in [5.41, 5.74) is 3.16. The summed E-state index contributed by atoms with van der Waals surface area (Å²) in [5.74, 6) is -0.158. The highest BCUT2D eigenvalue weighted by Gasteiger charge is 2.15. The van der Waals surface area contributed by atoms with Crippen LogP contribution in [0.2, 0.25) is 10.0 Å². The number of carbonyl (C=O) groups excluding carboxylic acids is 1. The average molecular weight is 406 g/mol. The van der Waals surface area contributed by atoms with E-state index in [0.29, 0.717) is 16.6 Å². The van der Waals surface area contributed by atoms with Gasteiger partial charge in [0.2, 0.25) is 5.91 Å². The molecule has 1 amide bonds. The van der Waals surface area contributed by atoms with Crippen molar-refractivity contribution in [3.05, 3.63) is 75.3 Å². The Bertz CT molecular complexity index is 818. The van der Waals surface area contributed by atoms with Gasteiger partial charge in [-0.2, -0.15) is 0 Å². The Morgan fingerprint density at radius 2 is 1.85 bits per heavy atom. The standard InChI is InChI=1S/C21H22Cl2N2O2/c22-19-7-5-16(20(23)13-19)6-8-21(26)24-14-17-3-1-2-4-18(17)15-25-9-11-27-12-10-25/h1-8,13H,9-12,14-15H2,(H,24,26)/p+1/b8-6+. The van der Waals surface area contributed by atoms with Gasteiger partial charge in [0.25, 0.3) is 0 Å². The fraction of sp³-hybridized carbons (Fsp3) is 0.286. The average Bonchev–Trinajstić information content (AvgIpc) is 2.67. The van der Waals surface area contributed by atoms with Crippen LogP contribution in [0.5, 0.6) is 0 Å². The van der Waals surface area contributed by atoms with E-state index in [4.69, 9.17) is 27.9 Å². The molecule has 0 aromatic heterocycles. The first kappa shape index (κ1) is 19.9. The predicted octanol–water partition coefficient (Wildman–Crippen LogP) is 2.74. The third kappa shape index (κ3) is 6.08. The van der Waals surface area contributed by atoms with Crippen LogP contribution in [-0.2, 0) is 22.6 Å². The summed E-state index contributed by atoms with van der Waals surface area (Å²) in [6, 6.07) is 13.4. The Morgan fingerprint density at radius 3 is 2.59 bits per heavy atom. The lowest BCUT2D eigenvalue weighted by Gasteiger charge is -2.24. The molecule has 1 heterocycles. The van der Waals surface area contributed by atoms with Gasteiger partial charge in [-0.1, -0.05) is 53.5 Å². The SMILES string of the molecule is O=C(/C=C/c1ccc(Cl)cc1Cl)NCc1ccccc1C[NH+]1CCOCC1. The van der Waals surface area contributed by atoms with Crippen LogP contribution in [0.3, 0.4) is 0 Å². The fourth-order valence-corrected chi connectivity index (χ4v) is 3.52. The second kappa shape index (κ2) is 9.90. The van der Waals surface area contributed by atoms with E-state index in [9.17, 15) is 4.79 Å². The quantitative estimate of drug-likeness (QED) is 0.725. The number of rotatable bonds is 6. The summed E-state index contributed by atoms with van der Waals surface area (Å²) >= 11 is 12.0. The Balaban J connectivity index is 1.57. The lowest BCUT2D eigenvalue weighted by Crippen LogP contribution is -3.12. The Labute approximate surface area is 169 Å². The number of hydrogen-bond acceptors (Lipinski definition) is 2. The van der Waals surface area contributed by atoms with Gasteiger partial charge in [0.05, 0.1) is 13.2 Å². The smallest absolute Gasteiger partial charge is 0.244 e. The van der Waals surface area contributed by atoms with E-state index in [1.807, 2.05) is 12.1 Å². The molecular weight excluding hydrogens is 383 g/mol. The zero-order chi connectivity index (χ0) is 19.1. The van der Waals surface area contributed by atoms with Crippen molar-refractivity contribution < 1.29 is 14.4 Å². The molecule has 0 radical (unpaired) electrons. The molecule has 142 valence electrons. The molecule has 0 spiro atoms. The first-order chi connectivity index (χ1) is 13.1. The van der Waals surface area contributed by atoms with Crippen LogP contribution >= 0.6 is 23.2 Å². The minimum Gasteiger partial charge on any atom is -0.370 e. The maximum Gasteiger partial charge on any atom is 0.244 e. The number of quaternary nitrogens is 1. The van der Waals surface area contributed by atoms with E-state index in [0.717, 1.165) is 44.0 Å². The molecule has 0 bridgehead atoms. The summed E-state index contributed by atoms with van der Waals surface area (Å²) < 4.78 is 5.42. The molecule has 1 fully saturated rings. The van der Waals surface area contributed by atoms with Crippen LogP contribution in [0.1, 0.15) is 16.7 Å². The van der Waals surface area contributed by atoms with Gasteiger partial charge in [-0.25, -0.2) is 0 Å². The van der Waals surface area contributed by atoms with Crippen molar-refractivity contribution in [2.45, 2.75) is 13.1 Å². The first-order valence-corrected chi connectivity index (χ1v) is 9.76. The Hall–Kier alpha value is -1.85. The monoisotopic (exact) mass is 405 g/mol. The summed E-state index contributed by atoms with van der Waals surface area (Å²) in [6.07, 6.45) is 3.18. The molecule has 0 unspecified atom stereocenters. The molecule has 3 rings (SSSR count). The van der Waals surface area contributed by atoms with Crippen LogP contribution in [0.4, 0.5) is 0 Å². The summed E-state index contributed by atoms with van der Waals surface area (Å²) in [5, 5.41) is 4.04. The summed E-state index contributed by atoms with van der Waals surface area (Å²) in [4.78, 5) is 13.7. The highest BCUT2D eigenvalue weighted by atomic mass is 35.5. The minimum absolute atomic E-state index is 0.158. The van der Waals surface area contributed by atoms with Gasteiger partial charge < -0.3 is 15.0 Å². The van der Waals surface area contributed by atoms with Gasteiger partial charge in [0.15, 0.2) is 0 Å². The van der Waals surface area contributed by atoms with Crippen LogP contribution in [0, 0.1) is 0 Å². The molecule has 2 N–H and O–H groups in total. The molecule has 1 saturated heterocycles. The largest absolute Gasteiger partial charge is 0.370 e. The number of morpholine rings is 1. The number of amides is 1. The summed E-state index contributed by atoms with van der Waals surface area (Å²) in [7, 11) is 0. The molecule has 4 nitrogen and oxygen atoms in total. The lowest BCUT2D eigenvalue weighted by molar-refractivity contribution is -0.921. The molecule has 0 saturated carbocycles. The number of hydrogen-bond donors (Lipinski definition) is 2. The Kier molecular flexibility index (Phi) is 7.30. The third-order valence-electron chi connectivity index (χ3n) is 4.59. The van der Waals surface area contributed by atoms with E-state index < -0.39 is 0 Å². The minimum atomic E-state index is -0.158. The molecule has 27 heavy (non-hydrogen) atoms. The zero-order valence-corrected chi connectivity index (χ0v) is 16.5. The number of benzene rings is 2.